The Balaban J connectivity index is 2.84. The second-order valence-electron chi connectivity index (χ2n) is 4.26. The fraction of sp³-hybridized carbons (Fsp3) is 0.385. The van der Waals surface area contributed by atoms with Crippen molar-refractivity contribution < 1.29 is 19.1 Å². The van der Waals surface area contributed by atoms with Crippen molar-refractivity contribution in [3.05, 3.63) is 34.1 Å². The highest BCUT2D eigenvalue weighted by atomic mass is 79.9. The number of carbonyl (C=O) groups is 1. The monoisotopic (exact) mass is 361 g/mol. The van der Waals surface area contributed by atoms with E-state index < -0.39 is 5.82 Å². The molecule has 0 atom stereocenters. The van der Waals surface area contributed by atoms with Crippen LogP contribution in [-0.2, 0) is 4.74 Å². The van der Waals surface area contributed by atoms with Crippen molar-refractivity contribution in [2.24, 2.45) is 10.9 Å². The molecule has 0 bridgehead atoms. The molecule has 0 aliphatic carbocycles. The molecule has 0 unspecified atom stereocenters. The van der Waals surface area contributed by atoms with Gasteiger partial charge in [0.15, 0.2) is 0 Å². The Labute approximate surface area is 130 Å². The Bertz CT molecular complexity index is 525. The third-order valence-corrected chi connectivity index (χ3v) is 3.39. The van der Waals surface area contributed by atoms with Crippen molar-refractivity contribution in [1.29, 1.82) is 0 Å². The number of carbonyl (C=O) groups excluding carboxylic acids is 1. The number of ether oxygens (including phenoxy) is 1. The lowest BCUT2D eigenvalue weighted by molar-refractivity contribution is 0.0700. The minimum atomic E-state index is -0.438. The second-order valence-corrected chi connectivity index (χ2v) is 5.11. The Kier molecular flexibility index (Phi) is 7.10. The van der Waals surface area contributed by atoms with Crippen molar-refractivity contribution in [2.45, 2.75) is 6.42 Å². The van der Waals surface area contributed by atoms with Crippen LogP contribution in [0.2, 0.25) is 0 Å². The topological polar surface area (TPSA) is 88.2 Å². The molecule has 1 amide bonds. The number of benzene rings is 1. The average Bonchev–Trinajstić information content (AvgIpc) is 2.49. The summed E-state index contributed by atoms with van der Waals surface area (Å²) in [6, 6.07) is 4.04. The van der Waals surface area contributed by atoms with Crippen LogP contribution in [0.15, 0.2) is 27.8 Å². The van der Waals surface area contributed by atoms with Crippen LogP contribution in [0.5, 0.6) is 0 Å². The molecule has 0 saturated carbocycles. The van der Waals surface area contributed by atoms with E-state index in [2.05, 4.69) is 21.1 Å². The van der Waals surface area contributed by atoms with Crippen LogP contribution in [0, 0.1) is 5.82 Å². The number of rotatable bonds is 7. The van der Waals surface area contributed by atoms with Crippen molar-refractivity contribution in [3.8, 4) is 0 Å². The van der Waals surface area contributed by atoms with Crippen molar-refractivity contribution in [3.63, 3.8) is 0 Å². The summed E-state index contributed by atoms with van der Waals surface area (Å²) in [4.78, 5) is 13.9. The summed E-state index contributed by atoms with van der Waals surface area (Å²) in [6.07, 6.45) is 0.230. The summed E-state index contributed by atoms with van der Waals surface area (Å²) in [5, 5.41) is 11.4. The van der Waals surface area contributed by atoms with Gasteiger partial charge in [-0.1, -0.05) is 5.16 Å². The Hall–Kier alpha value is -1.67. The number of methoxy groups -OCH3 is 1. The maximum atomic E-state index is 13.2. The molecule has 8 heteroatoms. The minimum Gasteiger partial charge on any atom is -0.409 e. The highest BCUT2D eigenvalue weighted by Crippen LogP contribution is 2.18. The lowest BCUT2D eigenvalue weighted by Gasteiger charge is -2.22. The van der Waals surface area contributed by atoms with Crippen LogP contribution in [0.25, 0.3) is 0 Å². The summed E-state index contributed by atoms with van der Waals surface area (Å²) in [6.45, 7) is 0.973. The zero-order valence-corrected chi connectivity index (χ0v) is 13.1. The van der Waals surface area contributed by atoms with Gasteiger partial charge in [0.1, 0.15) is 11.7 Å². The summed E-state index contributed by atoms with van der Waals surface area (Å²) >= 11 is 3.05. The minimum absolute atomic E-state index is 0.0329. The first-order valence-corrected chi connectivity index (χ1v) is 6.98. The number of nitrogens with zero attached hydrogens (tertiary/aromatic N) is 2. The first-order valence-electron chi connectivity index (χ1n) is 6.19. The van der Waals surface area contributed by atoms with E-state index in [1.165, 1.54) is 30.2 Å². The van der Waals surface area contributed by atoms with Gasteiger partial charge in [0, 0.05) is 32.2 Å². The predicted octanol–water partition coefficient (Wildman–Crippen LogP) is 1.81. The predicted molar refractivity (Wildman–Crippen MR) is 79.9 cm³/mol. The van der Waals surface area contributed by atoms with E-state index in [9.17, 15) is 9.18 Å². The molecule has 0 aromatic heterocycles. The lowest BCUT2D eigenvalue weighted by Crippen LogP contribution is -2.36. The van der Waals surface area contributed by atoms with Gasteiger partial charge in [-0.25, -0.2) is 4.39 Å². The van der Waals surface area contributed by atoms with Crippen molar-refractivity contribution in [2.75, 3.05) is 26.8 Å². The molecule has 0 heterocycles. The van der Waals surface area contributed by atoms with Gasteiger partial charge in [0.25, 0.3) is 5.91 Å². The molecule has 0 aliphatic heterocycles. The van der Waals surface area contributed by atoms with E-state index in [1.807, 2.05) is 0 Å². The fourth-order valence-electron chi connectivity index (χ4n) is 1.63. The highest BCUT2D eigenvalue weighted by Gasteiger charge is 2.17. The standard InChI is InChI=1S/C13H17BrFN3O3/c1-21-7-6-18(5-4-12(16)17-20)13(19)9-2-3-11(15)10(14)8-9/h2-3,8,20H,4-7H2,1H3,(H2,16,17). The number of nitrogens with two attached hydrogens (primary N) is 1. The maximum absolute atomic E-state index is 13.2. The molecular weight excluding hydrogens is 345 g/mol. The van der Waals surface area contributed by atoms with Gasteiger partial charge in [-0.15, -0.1) is 0 Å². The summed E-state index contributed by atoms with van der Waals surface area (Å²) in [5.41, 5.74) is 5.75. The molecule has 0 saturated heterocycles. The van der Waals surface area contributed by atoms with Crippen LogP contribution < -0.4 is 5.73 Å². The molecule has 1 rings (SSSR count). The normalized spacial score (nSPS) is 11.5. The molecule has 116 valence electrons. The molecule has 0 aliphatic rings. The largest absolute Gasteiger partial charge is 0.409 e. The molecule has 0 fully saturated rings. The molecule has 1 aromatic carbocycles. The van der Waals surface area contributed by atoms with Gasteiger partial charge in [-0.05, 0) is 34.1 Å². The third-order valence-electron chi connectivity index (χ3n) is 2.79. The van der Waals surface area contributed by atoms with Gasteiger partial charge < -0.3 is 20.6 Å². The van der Waals surface area contributed by atoms with Crippen LogP contribution >= 0.6 is 15.9 Å². The molecule has 21 heavy (non-hydrogen) atoms. The van der Waals surface area contributed by atoms with Gasteiger partial charge in [0.05, 0.1) is 11.1 Å². The zero-order valence-electron chi connectivity index (χ0n) is 11.6. The maximum Gasteiger partial charge on any atom is 0.253 e. The number of hydrogen-bond acceptors (Lipinski definition) is 4. The van der Waals surface area contributed by atoms with Crippen LogP contribution in [0.4, 0.5) is 4.39 Å². The van der Waals surface area contributed by atoms with Crippen LogP contribution in [0.3, 0.4) is 0 Å². The Morgan fingerprint density at radius 1 is 1.52 bits per heavy atom. The highest BCUT2D eigenvalue weighted by molar-refractivity contribution is 9.10. The first-order chi connectivity index (χ1) is 9.99. The fourth-order valence-corrected chi connectivity index (χ4v) is 2.01. The first kappa shape index (κ1) is 17.4. The van der Waals surface area contributed by atoms with E-state index in [0.717, 1.165) is 0 Å². The molecular formula is C13H17BrFN3O3. The second kappa shape index (κ2) is 8.58. The molecule has 0 spiro atoms. The van der Waals surface area contributed by atoms with Gasteiger partial charge in [0.2, 0.25) is 0 Å². The van der Waals surface area contributed by atoms with Gasteiger partial charge in [-0.3, -0.25) is 4.79 Å². The average molecular weight is 362 g/mol. The summed E-state index contributed by atoms with van der Waals surface area (Å²) in [5.74, 6) is -0.685. The zero-order chi connectivity index (χ0) is 15.8. The number of halogens is 2. The Morgan fingerprint density at radius 3 is 2.81 bits per heavy atom. The molecule has 3 N–H and O–H groups in total. The molecule has 6 nitrogen and oxygen atoms in total. The summed E-state index contributed by atoms with van der Waals surface area (Å²) in [7, 11) is 1.53. The summed E-state index contributed by atoms with van der Waals surface area (Å²) < 4.78 is 18.4. The number of amidine groups is 1. The van der Waals surface area contributed by atoms with E-state index in [0.29, 0.717) is 18.7 Å². The van der Waals surface area contributed by atoms with Crippen LogP contribution in [0.1, 0.15) is 16.8 Å². The molecule has 1 aromatic rings. The lowest BCUT2D eigenvalue weighted by atomic mass is 10.2. The van der Waals surface area contributed by atoms with E-state index >= 15 is 0 Å². The van der Waals surface area contributed by atoms with Gasteiger partial charge in [-0.2, -0.15) is 0 Å². The smallest absolute Gasteiger partial charge is 0.253 e. The quantitative estimate of drug-likeness (QED) is 0.335. The number of hydrogen-bond donors (Lipinski definition) is 2. The van der Waals surface area contributed by atoms with Crippen molar-refractivity contribution in [1.82, 2.24) is 4.90 Å². The van der Waals surface area contributed by atoms with E-state index in [-0.39, 0.29) is 29.2 Å². The SMILES string of the molecule is COCCN(CC/C(N)=N/O)C(=O)c1ccc(F)c(Br)c1. The number of amides is 1. The van der Waals surface area contributed by atoms with Gasteiger partial charge >= 0.3 is 0 Å². The van der Waals surface area contributed by atoms with E-state index in [1.54, 1.807) is 0 Å². The van der Waals surface area contributed by atoms with Crippen molar-refractivity contribution >= 4 is 27.7 Å². The Morgan fingerprint density at radius 2 is 2.24 bits per heavy atom. The number of oxime groups is 1. The van der Waals surface area contributed by atoms with Crippen LogP contribution in [-0.4, -0.2) is 48.7 Å². The third kappa shape index (κ3) is 5.31. The molecule has 0 radical (unpaired) electrons. The van der Waals surface area contributed by atoms with E-state index in [4.69, 9.17) is 15.7 Å².